The Morgan fingerprint density at radius 2 is 1.92 bits per heavy atom. The summed E-state index contributed by atoms with van der Waals surface area (Å²) in [6, 6.07) is 0. The van der Waals surface area contributed by atoms with Gasteiger partial charge in [-0.25, -0.2) is 4.79 Å². The summed E-state index contributed by atoms with van der Waals surface area (Å²) < 4.78 is 0. The molecule has 0 heterocycles. The van der Waals surface area contributed by atoms with Crippen LogP contribution in [0.15, 0.2) is 0 Å². The van der Waals surface area contributed by atoms with E-state index >= 15 is 0 Å². The average Bonchev–Trinajstić information content (AvgIpc) is 2.04. The molecule has 0 saturated carbocycles. The van der Waals surface area contributed by atoms with E-state index in [0.717, 1.165) is 6.42 Å². The zero-order chi connectivity index (χ0) is 10.3. The number of carbonyl (C=O) groups is 2. The number of carboxylic acid groups (broad SMARTS) is 1. The first-order valence-electron chi connectivity index (χ1n) is 4.50. The van der Waals surface area contributed by atoms with Crippen molar-refractivity contribution in [3.63, 3.8) is 0 Å². The molecule has 0 saturated heterocycles. The van der Waals surface area contributed by atoms with E-state index in [-0.39, 0.29) is 12.2 Å². The summed E-state index contributed by atoms with van der Waals surface area (Å²) in [5.74, 6) is -1.08. The van der Waals surface area contributed by atoms with Crippen LogP contribution in [0.3, 0.4) is 0 Å². The molecular formula is C9H16O4. The number of aliphatic hydroxyl groups is 1. The summed E-state index contributed by atoms with van der Waals surface area (Å²) in [5.41, 5.74) is 0. The molecule has 0 rings (SSSR count). The van der Waals surface area contributed by atoms with Crippen LogP contribution in [0.1, 0.15) is 39.0 Å². The zero-order valence-corrected chi connectivity index (χ0v) is 7.82. The molecule has 0 spiro atoms. The molecular weight excluding hydrogens is 172 g/mol. The molecule has 0 bridgehead atoms. The quantitative estimate of drug-likeness (QED) is 0.624. The van der Waals surface area contributed by atoms with Gasteiger partial charge in [-0.15, -0.1) is 0 Å². The highest BCUT2D eigenvalue weighted by molar-refractivity contribution is 5.78. The SMILES string of the molecule is CCCC(=O)CCCC(O)C(=O)O. The van der Waals surface area contributed by atoms with Gasteiger partial charge in [-0.1, -0.05) is 6.92 Å². The minimum Gasteiger partial charge on any atom is -0.479 e. The maximum atomic E-state index is 11.0. The molecule has 4 heteroatoms. The minimum atomic E-state index is -1.32. The second-order valence-corrected chi connectivity index (χ2v) is 3.03. The summed E-state index contributed by atoms with van der Waals surface area (Å²) in [6.07, 6.45) is 1.02. The van der Waals surface area contributed by atoms with Crippen LogP contribution >= 0.6 is 0 Å². The lowest BCUT2D eigenvalue weighted by molar-refractivity contribution is -0.147. The summed E-state index contributed by atoms with van der Waals surface area (Å²) >= 11 is 0. The van der Waals surface area contributed by atoms with E-state index in [1.165, 1.54) is 0 Å². The second-order valence-electron chi connectivity index (χ2n) is 3.03. The van der Waals surface area contributed by atoms with Gasteiger partial charge in [0.1, 0.15) is 5.78 Å². The third-order valence-corrected chi connectivity index (χ3v) is 1.75. The number of aliphatic carboxylic acids is 1. The summed E-state index contributed by atoms with van der Waals surface area (Å²) in [6.45, 7) is 1.92. The van der Waals surface area contributed by atoms with E-state index in [1.807, 2.05) is 6.92 Å². The molecule has 1 unspecified atom stereocenters. The van der Waals surface area contributed by atoms with Crippen molar-refractivity contribution in [2.24, 2.45) is 0 Å². The van der Waals surface area contributed by atoms with Gasteiger partial charge in [0.2, 0.25) is 0 Å². The van der Waals surface area contributed by atoms with E-state index in [9.17, 15) is 9.59 Å². The van der Waals surface area contributed by atoms with Crippen LogP contribution in [-0.2, 0) is 9.59 Å². The Hall–Kier alpha value is -0.900. The fourth-order valence-electron chi connectivity index (χ4n) is 1.02. The molecule has 0 amide bonds. The largest absolute Gasteiger partial charge is 0.479 e. The first-order chi connectivity index (χ1) is 6.07. The predicted molar refractivity (Wildman–Crippen MR) is 47.4 cm³/mol. The lowest BCUT2D eigenvalue weighted by Gasteiger charge is -2.03. The number of hydrogen-bond acceptors (Lipinski definition) is 3. The maximum absolute atomic E-state index is 11.0. The van der Waals surface area contributed by atoms with E-state index in [4.69, 9.17) is 10.2 Å². The van der Waals surface area contributed by atoms with Crippen molar-refractivity contribution in [2.45, 2.75) is 45.1 Å². The second kappa shape index (κ2) is 6.60. The van der Waals surface area contributed by atoms with Crippen molar-refractivity contribution >= 4 is 11.8 Å². The Morgan fingerprint density at radius 3 is 2.38 bits per heavy atom. The van der Waals surface area contributed by atoms with Gasteiger partial charge in [-0.3, -0.25) is 4.79 Å². The van der Waals surface area contributed by atoms with Gasteiger partial charge in [0.15, 0.2) is 6.10 Å². The van der Waals surface area contributed by atoms with Crippen LogP contribution in [0.2, 0.25) is 0 Å². The monoisotopic (exact) mass is 188 g/mol. The van der Waals surface area contributed by atoms with Crippen LogP contribution in [-0.4, -0.2) is 28.1 Å². The Morgan fingerprint density at radius 1 is 1.31 bits per heavy atom. The normalized spacial score (nSPS) is 12.5. The fourth-order valence-corrected chi connectivity index (χ4v) is 1.02. The fraction of sp³-hybridized carbons (Fsp3) is 0.778. The van der Waals surface area contributed by atoms with Crippen LogP contribution < -0.4 is 0 Å². The number of Topliss-reactive ketones (excluding diaryl/α,β-unsaturated/α-hetero) is 1. The molecule has 0 radical (unpaired) electrons. The molecule has 0 aliphatic carbocycles. The molecule has 0 aliphatic heterocycles. The van der Waals surface area contributed by atoms with E-state index in [0.29, 0.717) is 19.3 Å². The Labute approximate surface area is 77.6 Å². The molecule has 0 aromatic carbocycles. The van der Waals surface area contributed by atoms with Gasteiger partial charge in [-0.05, 0) is 19.3 Å². The zero-order valence-electron chi connectivity index (χ0n) is 7.82. The number of ketones is 1. The standard InChI is InChI=1S/C9H16O4/c1-2-4-7(10)5-3-6-8(11)9(12)13/h8,11H,2-6H2,1H3,(H,12,13). The number of hydrogen-bond donors (Lipinski definition) is 2. The van der Waals surface area contributed by atoms with Crippen LogP contribution in [0.5, 0.6) is 0 Å². The number of rotatable bonds is 7. The third-order valence-electron chi connectivity index (χ3n) is 1.75. The van der Waals surface area contributed by atoms with E-state index < -0.39 is 12.1 Å². The van der Waals surface area contributed by atoms with Gasteiger partial charge < -0.3 is 10.2 Å². The van der Waals surface area contributed by atoms with Crippen molar-refractivity contribution in [3.05, 3.63) is 0 Å². The van der Waals surface area contributed by atoms with Crippen LogP contribution in [0.4, 0.5) is 0 Å². The number of aliphatic hydroxyl groups excluding tert-OH is 1. The summed E-state index contributed by atoms with van der Waals surface area (Å²) in [4.78, 5) is 21.1. The summed E-state index contributed by atoms with van der Waals surface area (Å²) in [5, 5.41) is 17.2. The van der Waals surface area contributed by atoms with Gasteiger partial charge in [-0.2, -0.15) is 0 Å². The predicted octanol–water partition coefficient (Wildman–Crippen LogP) is 0.971. The molecule has 0 fully saturated rings. The van der Waals surface area contributed by atoms with Crippen LogP contribution in [0.25, 0.3) is 0 Å². The lowest BCUT2D eigenvalue weighted by atomic mass is 10.1. The molecule has 0 aromatic rings. The van der Waals surface area contributed by atoms with Crippen LogP contribution in [0, 0.1) is 0 Å². The van der Waals surface area contributed by atoms with Gasteiger partial charge >= 0.3 is 5.97 Å². The molecule has 0 aliphatic rings. The summed E-state index contributed by atoms with van der Waals surface area (Å²) in [7, 11) is 0. The van der Waals surface area contributed by atoms with Gasteiger partial charge in [0.25, 0.3) is 0 Å². The van der Waals surface area contributed by atoms with Crippen molar-refractivity contribution in [3.8, 4) is 0 Å². The molecule has 1 atom stereocenters. The highest BCUT2D eigenvalue weighted by Crippen LogP contribution is 2.04. The lowest BCUT2D eigenvalue weighted by Crippen LogP contribution is -2.19. The molecule has 4 nitrogen and oxygen atoms in total. The van der Waals surface area contributed by atoms with Gasteiger partial charge in [0, 0.05) is 12.8 Å². The highest BCUT2D eigenvalue weighted by atomic mass is 16.4. The Balaban J connectivity index is 3.44. The van der Waals surface area contributed by atoms with Crippen molar-refractivity contribution in [1.29, 1.82) is 0 Å². The first kappa shape index (κ1) is 12.1. The van der Waals surface area contributed by atoms with E-state index in [1.54, 1.807) is 0 Å². The average molecular weight is 188 g/mol. The molecule has 2 N–H and O–H groups in total. The Bertz CT molecular complexity index is 176. The van der Waals surface area contributed by atoms with Crippen molar-refractivity contribution < 1.29 is 19.8 Å². The smallest absolute Gasteiger partial charge is 0.332 e. The first-order valence-corrected chi connectivity index (χ1v) is 4.50. The topological polar surface area (TPSA) is 74.6 Å². The molecule has 76 valence electrons. The molecule has 0 aromatic heterocycles. The van der Waals surface area contributed by atoms with Gasteiger partial charge in [0.05, 0.1) is 0 Å². The van der Waals surface area contributed by atoms with E-state index in [2.05, 4.69) is 0 Å². The Kier molecular flexibility index (Phi) is 6.14. The maximum Gasteiger partial charge on any atom is 0.332 e. The number of carbonyl (C=O) groups excluding carboxylic acids is 1. The van der Waals surface area contributed by atoms with Crippen molar-refractivity contribution in [2.75, 3.05) is 0 Å². The van der Waals surface area contributed by atoms with Crippen molar-refractivity contribution in [1.82, 2.24) is 0 Å². The molecule has 13 heavy (non-hydrogen) atoms. The third kappa shape index (κ3) is 6.28. The highest BCUT2D eigenvalue weighted by Gasteiger charge is 2.12. The minimum absolute atomic E-state index is 0.139. The number of carboxylic acids is 1.